The van der Waals surface area contributed by atoms with Gasteiger partial charge in [-0.3, -0.25) is 4.79 Å². The second-order valence-corrected chi connectivity index (χ2v) is 4.99. The maximum absolute atomic E-state index is 11.9. The summed E-state index contributed by atoms with van der Waals surface area (Å²) in [5, 5.41) is 3.29. The van der Waals surface area contributed by atoms with E-state index in [1.54, 1.807) is 0 Å². The zero-order valence-corrected chi connectivity index (χ0v) is 11.0. The van der Waals surface area contributed by atoms with Gasteiger partial charge < -0.3 is 19.7 Å². The van der Waals surface area contributed by atoms with Crippen molar-refractivity contribution in [2.45, 2.75) is 31.8 Å². The Balaban J connectivity index is 1.61. The Morgan fingerprint density at radius 3 is 3.06 bits per heavy atom. The van der Waals surface area contributed by atoms with Gasteiger partial charge in [0.05, 0.1) is 12.7 Å². The molecule has 0 radical (unpaired) electrons. The van der Waals surface area contributed by atoms with E-state index in [4.69, 9.17) is 9.47 Å². The Morgan fingerprint density at radius 1 is 1.28 bits per heavy atom. The average molecular weight is 256 g/mol. The lowest BCUT2D eigenvalue weighted by atomic mass is 10.1. The molecule has 1 atom stereocenters. The first-order valence-electron chi connectivity index (χ1n) is 7.04. The minimum absolute atomic E-state index is 0.106. The van der Waals surface area contributed by atoms with Gasteiger partial charge in [-0.05, 0) is 32.2 Å². The van der Waals surface area contributed by atoms with Crippen LogP contribution in [0.1, 0.15) is 25.7 Å². The Hall–Kier alpha value is -0.650. The fourth-order valence-corrected chi connectivity index (χ4v) is 2.40. The molecule has 0 aromatic heterocycles. The molecule has 2 heterocycles. The normalized spacial score (nSPS) is 25.8. The van der Waals surface area contributed by atoms with E-state index in [1.165, 1.54) is 6.42 Å². The Kier molecular flexibility index (Phi) is 5.90. The Labute approximate surface area is 109 Å². The Bertz CT molecular complexity index is 247. The number of rotatable bonds is 4. The summed E-state index contributed by atoms with van der Waals surface area (Å²) in [6.07, 6.45) is 4.63. The number of carbonyl (C=O) groups is 1. The molecular weight excluding hydrogens is 232 g/mol. The van der Waals surface area contributed by atoms with Crippen LogP contribution in [0.4, 0.5) is 0 Å². The average Bonchev–Trinajstić information content (AvgIpc) is 2.69. The minimum Gasteiger partial charge on any atom is -0.376 e. The van der Waals surface area contributed by atoms with E-state index in [0.717, 1.165) is 52.0 Å². The van der Waals surface area contributed by atoms with Crippen molar-refractivity contribution < 1.29 is 14.3 Å². The third-order valence-corrected chi connectivity index (χ3v) is 3.50. The van der Waals surface area contributed by atoms with Crippen molar-refractivity contribution in [3.05, 3.63) is 0 Å². The molecular formula is C13H24N2O3. The number of hydrogen-bond acceptors (Lipinski definition) is 4. The van der Waals surface area contributed by atoms with E-state index in [0.29, 0.717) is 6.61 Å². The van der Waals surface area contributed by atoms with Crippen LogP contribution in [0.25, 0.3) is 0 Å². The van der Waals surface area contributed by atoms with Crippen molar-refractivity contribution in [1.82, 2.24) is 10.2 Å². The molecule has 18 heavy (non-hydrogen) atoms. The smallest absolute Gasteiger partial charge is 0.248 e. The van der Waals surface area contributed by atoms with Crippen LogP contribution in [-0.2, 0) is 14.3 Å². The number of carbonyl (C=O) groups excluding carboxylic acids is 1. The molecule has 0 aromatic carbocycles. The SMILES string of the molecule is O=C(COCC1CCCCO1)N1CCCNCC1. The molecule has 1 N–H and O–H groups in total. The van der Waals surface area contributed by atoms with Gasteiger partial charge in [-0.25, -0.2) is 0 Å². The van der Waals surface area contributed by atoms with Gasteiger partial charge in [0.15, 0.2) is 0 Å². The second-order valence-electron chi connectivity index (χ2n) is 4.99. The van der Waals surface area contributed by atoms with Gasteiger partial charge in [0, 0.05) is 26.2 Å². The summed E-state index contributed by atoms with van der Waals surface area (Å²) in [7, 11) is 0. The zero-order valence-electron chi connectivity index (χ0n) is 11.0. The van der Waals surface area contributed by atoms with Crippen LogP contribution in [0.5, 0.6) is 0 Å². The molecule has 2 fully saturated rings. The van der Waals surface area contributed by atoms with E-state index in [9.17, 15) is 4.79 Å². The van der Waals surface area contributed by atoms with E-state index < -0.39 is 0 Å². The topological polar surface area (TPSA) is 50.8 Å². The maximum Gasteiger partial charge on any atom is 0.248 e. The van der Waals surface area contributed by atoms with Crippen LogP contribution in [0.3, 0.4) is 0 Å². The first-order chi connectivity index (χ1) is 8.86. The van der Waals surface area contributed by atoms with E-state index >= 15 is 0 Å². The van der Waals surface area contributed by atoms with Crippen molar-refractivity contribution in [3.63, 3.8) is 0 Å². The van der Waals surface area contributed by atoms with E-state index in [-0.39, 0.29) is 18.6 Å². The summed E-state index contributed by atoms with van der Waals surface area (Å²) in [5.74, 6) is 0.106. The molecule has 2 rings (SSSR count). The highest BCUT2D eigenvalue weighted by Gasteiger charge is 2.17. The number of ether oxygens (including phenoxy) is 2. The molecule has 2 saturated heterocycles. The van der Waals surface area contributed by atoms with Crippen LogP contribution in [0.15, 0.2) is 0 Å². The maximum atomic E-state index is 11.9. The van der Waals surface area contributed by atoms with Crippen molar-refractivity contribution in [3.8, 4) is 0 Å². The summed E-state index contributed by atoms with van der Waals surface area (Å²) >= 11 is 0. The van der Waals surface area contributed by atoms with Crippen molar-refractivity contribution in [2.75, 3.05) is 46.0 Å². The molecule has 0 bridgehead atoms. The molecule has 0 spiro atoms. The molecule has 0 aromatic rings. The first kappa shape index (κ1) is 13.8. The monoisotopic (exact) mass is 256 g/mol. The van der Waals surface area contributed by atoms with Crippen molar-refractivity contribution in [1.29, 1.82) is 0 Å². The van der Waals surface area contributed by atoms with Gasteiger partial charge in [0.2, 0.25) is 5.91 Å². The highest BCUT2D eigenvalue weighted by atomic mass is 16.5. The lowest BCUT2D eigenvalue weighted by Crippen LogP contribution is -2.37. The second kappa shape index (κ2) is 7.71. The van der Waals surface area contributed by atoms with Gasteiger partial charge in [-0.2, -0.15) is 0 Å². The van der Waals surface area contributed by atoms with Crippen molar-refractivity contribution >= 4 is 5.91 Å². The summed E-state index contributed by atoms with van der Waals surface area (Å²) < 4.78 is 11.1. The molecule has 104 valence electrons. The largest absolute Gasteiger partial charge is 0.376 e. The molecule has 2 aliphatic heterocycles. The van der Waals surface area contributed by atoms with Gasteiger partial charge in [0.25, 0.3) is 0 Å². The number of hydrogen-bond donors (Lipinski definition) is 1. The third kappa shape index (κ3) is 4.55. The summed E-state index contributed by atoms with van der Waals surface area (Å²) in [6, 6.07) is 0. The molecule has 1 unspecified atom stereocenters. The van der Waals surface area contributed by atoms with E-state index in [1.807, 2.05) is 4.90 Å². The predicted molar refractivity (Wildman–Crippen MR) is 68.5 cm³/mol. The predicted octanol–water partition coefficient (Wildman–Crippen LogP) is 0.394. The fourth-order valence-electron chi connectivity index (χ4n) is 2.40. The number of nitrogens with one attached hydrogen (secondary N) is 1. The molecule has 2 aliphatic rings. The number of amides is 1. The highest BCUT2D eigenvalue weighted by Crippen LogP contribution is 2.12. The van der Waals surface area contributed by atoms with Gasteiger partial charge >= 0.3 is 0 Å². The lowest BCUT2D eigenvalue weighted by Gasteiger charge is -2.23. The van der Waals surface area contributed by atoms with E-state index in [2.05, 4.69) is 5.32 Å². The minimum atomic E-state index is 0.106. The van der Waals surface area contributed by atoms with Crippen LogP contribution in [0, 0.1) is 0 Å². The zero-order chi connectivity index (χ0) is 12.6. The summed E-state index contributed by atoms with van der Waals surface area (Å²) in [4.78, 5) is 13.8. The van der Waals surface area contributed by atoms with Crippen LogP contribution >= 0.6 is 0 Å². The molecule has 5 nitrogen and oxygen atoms in total. The fraction of sp³-hybridized carbons (Fsp3) is 0.923. The lowest BCUT2D eigenvalue weighted by molar-refractivity contribution is -0.138. The van der Waals surface area contributed by atoms with Gasteiger partial charge in [0.1, 0.15) is 6.61 Å². The molecule has 0 aliphatic carbocycles. The van der Waals surface area contributed by atoms with Gasteiger partial charge in [-0.1, -0.05) is 0 Å². The molecule has 5 heteroatoms. The quantitative estimate of drug-likeness (QED) is 0.791. The highest BCUT2D eigenvalue weighted by molar-refractivity contribution is 5.77. The van der Waals surface area contributed by atoms with Crippen LogP contribution < -0.4 is 5.32 Å². The van der Waals surface area contributed by atoms with Gasteiger partial charge in [-0.15, -0.1) is 0 Å². The molecule has 1 amide bonds. The Morgan fingerprint density at radius 2 is 2.22 bits per heavy atom. The van der Waals surface area contributed by atoms with Crippen LogP contribution in [0.2, 0.25) is 0 Å². The van der Waals surface area contributed by atoms with Crippen LogP contribution in [-0.4, -0.2) is 62.9 Å². The standard InChI is InChI=1S/C13H24N2O3/c16-13(15-7-3-5-14-6-8-15)11-17-10-12-4-1-2-9-18-12/h12,14H,1-11H2. The summed E-state index contributed by atoms with van der Waals surface area (Å²) in [5.41, 5.74) is 0. The first-order valence-corrected chi connectivity index (χ1v) is 7.04. The molecule has 0 saturated carbocycles. The number of nitrogens with zero attached hydrogens (tertiary/aromatic N) is 1. The van der Waals surface area contributed by atoms with Crippen molar-refractivity contribution in [2.24, 2.45) is 0 Å². The third-order valence-electron chi connectivity index (χ3n) is 3.50. The summed E-state index contributed by atoms with van der Waals surface area (Å²) in [6.45, 7) is 5.10.